The predicted molar refractivity (Wildman–Crippen MR) is 105 cm³/mol. The minimum absolute atomic E-state index is 0.0217. The Bertz CT molecular complexity index is 745. The van der Waals surface area contributed by atoms with Gasteiger partial charge < -0.3 is 10.6 Å². The van der Waals surface area contributed by atoms with Crippen molar-refractivity contribution in [1.82, 2.24) is 5.32 Å². The van der Waals surface area contributed by atoms with Crippen LogP contribution in [0.25, 0.3) is 0 Å². The van der Waals surface area contributed by atoms with E-state index in [2.05, 4.69) is 33.2 Å². The number of amides is 2. The quantitative estimate of drug-likeness (QED) is 0.652. The highest BCUT2D eigenvalue weighted by atomic mass is 127. The Kier molecular flexibility index (Phi) is 6.62. The molecule has 2 aromatic carbocycles. The lowest BCUT2D eigenvalue weighted by Gasteiger charge is -2.10. The van der Waals surface area contributed by atoms with Gasteiger partial charge in [0, 0.05) is 26.7 Å². The zero-order valence-corrected chi connectivity index (χ0v) is 16.3. The summed E-state index contributed by atoms with van der Waals surface area (Å²) in [6.07, 6.45) is 0. The summed E-state index contributed by atoms with van der Waals surface area (Å²) in [6, 6.07) is 12.6. The predicted octanol–water partition coefficient (Wildman–Crippen LogP) is 4.47. The number of hydrogen-bond donors (Lipinski definition) is 2. The normalized spacial score (nSPS) is 10.5. The molecular weight excluding hydrogens is 439 g/mol. The van der Waals surface area contributed by atoms with Crippen molar-refractivity contribution < 1.29 is 9.59 Å². The molecule has 0 atom stereocenters. The molecule has 0 radical (unpaired) electrons. The molecule has 0 unspecified atom stereocenters. The molecule has 0 aliphatic heterocycles. The summed E-state index contributed by atoms with van der Waals surface area (Å²) in [5.74, 6) is -0.255. The van der Waals surface area contributed by atoms with E-state index >= 15 is 0 Å². The van der Waals surface area contributed by atoms with Crippen LogP contribution < -0.4 is 10.6 Å². The topological polar surface area (TPSA) is 58.2 Å². The van der Waals surface area contributed by atoms with Gasteiger partial charge in [0.05, 0.1) is 5.56 Å². The number of carbonyl (C=O) groups is 2. The van der Waals surface area contributed by atoms with Gasteiger partial charge in [0.2, 0.25) is 5.91 Å². The average Bonchev–Trinajstić information content (AvgIpc) is 2.56. The third-order valence-electron chi connectivity index (χ3n) is 3.37. The highest BCUT2D eigenvalue weighted by Gasteiger charge is 2.11. The van der Waals surface area contributed by atoms with Gasteiger partial charge in [-0.05, 0) is 58.5 Å². The molecule has 126 valence electrons. The molecule has 0 spiro atoms. The fraction of sp³-hybridized carbons (Fsp3) is 0.222. The molecule has 4 nitrogen and oxygen atoms in total. The maximum atomic E-state index is 12.2. The monoisotopic (exact) mass is 456 g/mol. The van der Waals surface area contributed by atoms with Crippen molar-refractivity contribution in [3.05, 3.63) is 62.2 Å². The molecule has 0 saturated carbocycles. The van der Waals surface area contributed by atoms with Gasteiger partial charge in [-0.2, -0.15) is 0 Å². The van der Waals surface area contributed by atoms with Crippen LogP contribution in [0.15, 0.2) is 42.5 Å². The molecule has 24 heavy (non-hydrogen) atoms. The summed E-state index contributed by atoms with van der Waals surface area (Å²) in [4.78, 5) is 23.9. The lowest BCUT2D eigenvalue weighted by molar-refractivity contribution is -0.118. The first-order chi connectivity index (χ1) is 11.4. The Morgan fingerprint density at radius 3 is 2.42 bits per heavy atom. The zero-order chi connectivity index (χ0) is 17.7. The smallest absolute Gasteiger partial charge is 0.252 e. The lowest BCUT2D eigenvalue weighted by Crippen LogP contribution is -2.23. The minimum Gasteiger partial charge on any atom is -0.348 e. The van der Waals surface area contributed by atoms with E-state index in [1.165, 1.54) is 0 Å². The van der Waals surface area contributed by atoms with E-state index in [9.17, 15) is 9.59 Å². The second-order valence-corrected chi connectivity index (χ2v) is 7.25. The molecule has 0 fully saturated rings. The van der Waals surface area contributed by atoms with E-state index in [0.717, 1.165) is 14.8 Å². The first-order valence-electron chi connectivity index (χ1n) is 7.50. The van der Waals surface area contributed by atoms with Crippen LogP contribution in [0.4, 0.5) is 5.69 Å². The number of hydrogen-bond acceptors (Lipinski definition) is 2. The molecular formula is C18H18ClIN2O2. The van der Waals surface area contributed by atoms with Gasteiger partial charge in [0.25, 0.3) is 5.91 Å². The largest absolute Gasteiger partial charge is 0.348 e. The standard InChI is InChI=1S/C18H18ClIN2O2/c1-11(2)17(23)22-14-6-3-12(4-7-14)10-21-18(24)15-9-13(19)5-8-16(15)20/h3-9,11H,10H2,1-2H3,(H,21,24)(H,22,23). The Morgan fingerprint density at radius 2 is 1.79 bits per heavy atom. The molecule has 0 aromatic heterocycles. The molecule has 0 heterocycles. The van der Waals surface area contributed by atoms with Gasteiger partial charge in [-0.15, -0.1) is 0 Å². The fourth-order valence-electron chi connectivity index (χ4n) is 1.94. The van der Waals surface area contributed by atoms with Gasteiger partial charge in [-0.25, -0.2) is 0 Å². The number of carbonyl (C=O) groups excluding carboxylic acids is 2. The summed E-state index contributed by atoms with van der Waals surface area (Å²) in [6.45, 7) is 4.09. The number of anilines is 1. The van der Waals surface area contributed by atoms with E-state index in [0.29, 0.717) is 17.1 Å². The molecule has 2 amide bonds. The van der Waals surface area contributed by atoms with Gasteiger partial charge in [-0.1, -0.05) is 37.6 Å². The second-order valence-electron chi connectivity index (χ2n) is 5.65. The first-order valence-corrected chi connectivity index (χ1v) is 8.95. The van der Waals surface area contributed by atoms with Gasteiger partial charge in [0.15, 0.2) is 0 Å². The number of benzene rings is 2. The van der Waals surface area contributed by atoms with E-state index in [-0.39, 0.29) is 17.7 Å². The van der Waals surface area contributed by atoms with Crippen molar-refractivity contribution in [3.63, 3.8) is 0 Å². The summed E-state index contributed by atoms with van der Waals surface area (Å²) < 4.78 is 0.848. The van der Waals surface area contributed by atoms with Crippen molar-refractivity contribution >= 4 is 51.7 Å². The SMILES string of the molecule is CC(C)C(=O)Nc1ccc(CNC(=O)c2cc(Cl)ccc2I)cc1. The molecule has 0 aliphatic rings. The zero-order valence-electron chi connectivity index (χ0n) is 13.4. The van der Waals surface area contributed by atoms with Crippen LogP contribution >= 0.6 is 34.2 Å². The maximum Gasteiger partial charge on any atom is 0.252 e. The van der Waals surface area contributed by atoms with Crippen LogP contribution in [0.1, 0.15) is 29.8 Å². The van der Waals surface area contributed by atoms with E-state index in [4.69, 9.17) is 11.6 Å². The molecule has 2 N–H and O–H groups in total. The van der Waals surface area contributed by atoms with Crippen LogP contribution in [-0.2, 0) is 11.3 Å². The van der Waals surface area contributed by atoms with Gasteiger partial charge in [0.1, 0.15) is 0 Å². The number of rotatable bonds is 5. The molecule has 0 saturated heterocycles. The molecule has 6 heteroatoms. The van der Waals surface area contributed by atoms with Crippen molar-refractivity contribution in [2.75, 3.05) is 5.32 Å². The van der Waals surface area contributed by atoms with Gasteiger partial charge >= 0.3 is 0 Å². The summed E-state index contributed by atoms with van der Waals surface area (Å²) >= 11 is 8.05. The van der Waals surface area contributed by atoms with Gasteiger partial charge in [-0.3, -0.25) is 9.59 Å². The Balaban J connectivity index is 1.96. The Hall–Kier alpha value is -1.60. The van der Waals surface area contributed by atoms with Crippen LogP contribution in [0.2, 0.25) is 5.02 Å². The maximum absolute atomic E-state index is 12.2. The third kappa shape index (κ3) is 5.21. The first kappa shape index (κ1) is 18.7. The second kappa shape index (κ2) is 8.48. The van der Waals surface area contributed by atoms with E-state index in [1.807, 2.05) is 44.2 Å². The average molecular weight is 457 g/mol. The lowest BCUT2D eigenvalue weighted by atomic mass is 10.1. The highest BCUT2D eigenvalue weighted by molar-refractivity contribution is 14.1. The molecule has 0 bridgehead atoms. The molecule has 2 aromatic rings. The van der Waals surface area contributed by atoms with Crippen LogP contribution in [0.3, 0.4) is 0 Å². The van der Waals surface area contributed by atoms with E-state index < -0.39 is 0 Å². The molecule has 0 aliphatic carbocycles. The third-order valence-corrected chi connectivity index (χ3v) is 4.55. The summed E-state index contributed by atoms with van der Waals surface area (Å²) in [7, 11) is 0. The molecule has 2 rings (SSSR count). The van der Waals surface area contributed by atoms with Crippen LogP contribution in [0, 0.1) is 9.49 Å². The summed E-state index contributed by atoms with van der Waals surface area (Å²) in [5.41, 5.74) is 2.25. The number of nitrogens with one attached hydrogen (secondary N) is 2. The highest BCUT2D eigenvalue weighted by Crippen LogP contribution is 2.18. The van der Waals surface area contributed by atoms with Crippen molar-refractivity contribution in [2.45, 2.75) is 20.4 Å². The van der Waals surface area contributed by atoms with Crippen molar-refractivity contribution in [2.24, 2.45) is 5.92 Å². The summed E-state index contributed by atoms with van der Waals surface area (Å²) in [5, 5.41) is 6.24. The van der Waals surface area contributed by atoms with Crippen LogP contribution in [0.5, 0.6) is 0 Å². The van der Waals surface area contributed by atoms with Crippen LogP contribution in [-0.4, -0.2) is 11.8 Å². The fourth-order valence-corrected chi connectivity index (χ4v) is 2.69. The number of halogens is 2. The Morgan fingerprint density at radius 1 is 1.12 bits per heavy atom. The van der Waals surface area contributed by atoms with Crippen molar-refractivity contribution in [3.8, 4) is 0 Å². The van der Waals surface area contributed by atoms with E-state index in [1.54, 1.807) is 12.1 Å². The Labute approximate surface area is 160 Å². The van der Waals surface area contributed by atoms with Crippen molar-refractivity contribution in [1.29, 1.82) is 0 Å². The minimum atomic E-state index is -0.168.